The second-order valence-electron chi connectivity index (χ2n) is 7.81. The van der Waals surface area contributed by atoms with Crippen molar-refractivity contribution < 1.29 is 8.42 Å². The van der Waals surface area contributed by atoms with Crippen molar-refractivity contribution in [2.24, 2.45) is 5.14 Å². The summed E-state index contributed by atoms with van der Waals surface area (Å²) in [6.45, 7) is 0.252. The summed E-state index contributed by atoms with van der Waals surface area (Å²) >= 11 is 1.70. The molecule has 0 spiro atoms. The van der Waals surface area contributed by atoms with Crippen LogP contribution >= 0.6 is 11.3 Å². The average Bonchev–Trinajstić information content (AvgIpc) is 3.05. The van der Waals surface area contributed by atoms with Crippen LogP contribution in [0.3, 0.4) is 0 Å². The summed E-state index contributed by atoms with van der Waals surface area (Å²) in [5.41, 5.74) is 1.89. The SMILES string of the molecule is NS(=O)(=O)C1(CNc2nc(-c3cnccn3)nc3sc4c(c23)CCCC4)CCC1. The Morgan fingerprint density at radius 3 is 2.66 bits per heavy atom. The fourth-order valence-electron chi connectivity index (χ4n) is 4.19. The van der Waals surface area contributed by atoms with Crippen molar-refractivity contribution in [1.29, 1.82) is 0 Å². The molecule has 29 heavy (non-hydrogen) atoms. The maximum atomic E-state index is 12.2. The number of hydrogen-bond donors (Lipinski definition) is 2. The molecule has 3 aromatic heterocycles. The van der Waals surface area contributed by atoms with Gasteiger partial charge < -0.3 is 5.32 Å². The van der Waals surface area contributed by atoms with Gasteiger partial charge in [0, 0.05) is 23.8 Å². The van der Waals surface area contributed by atoms with Crippen molar-refractivity contribution in [2.75, 3.05) is 11.9 Å². The molecular formula is C19H22N6O2S2. The lowest BCUT2D eigenvalue weighted by atomic mass is 9.84. The number of rotatable bonds is 5. The summed E-state index contributed by atoms with van der Waals surface area (Å²) in [6, 6.07) is 0. The number of nitrogens with two attached hydrogens (primary N) is 1. The van der Waals surface area contributed by atoms with E-state index in [1.54, 1.807) is 29.9 Å². The molecule has 0 aromatic carbocycles. The number of thiophene rings is 1. The number of fused-ring (bicyclic) bond motifs is 3. The zero-order valence-corrected chi connectivity index (χ0v) is 17.5. The van der Waals surface area contributed by atoms with Gasteiger partial charge in [-0.15, -0.1) is 11.3 Å². The van der Waals surface area contributed by atoms with Crippen LogP contribution in [0.5, 0.6) is 0 Å². The molecule has 0 atom stereocenters. The van der Waals surface area contributed by atoms with E-state index in [0.717, 1.165) is 35.9 Å². The summed E-state index contributed by atoms with van der Waals surface area (Å²) in [7, 11) is -3.64. The molecule has 3 aromatic rings. The van der Waals surface area contributed by atoms with Crippen LogP contribution in [0.1, 0.15) is 42.5 Å². The third-order valence-corrected chi connectivity index (χ3v) is 9.00. The van der Waals surface area contributed by atoms with Gasteiger partial charge in [-0.1, -0.05) is 6.42 Å². The highest BCUT2D eigenvalue weighted by Gasteiger charge is 2.47. The van der Waals surface area contributed by atoms with E-state index < -0.39 is 14.8 Å². The molecule has 1 fully saturated rings. The van der Waals surface area contributed by atoms with Crippen LogP contribution in [0.2, 0.25) is 0 Å². The van der Waals surface area contributed by atoms with E-state index in [9.17, 15) is 8.42 Å². The first kappa shape index (κ1) is 18.8. The monoisotopic (exact) mass is 430 g/mol. The Morgan fingerprint density at radius 1 is 1.14 bits per heavy atom. The van der Waals surface area contributed by atoms with Crippen LogP contribution in [-0.4, -0.2) is 39.6 Å². The maximum absolute atomic E-state index is 12.2. The van der Waals surface area contributed by atoms with Gasteiger partial charge in [0.1, 0.15) is 21.1 Å². The number of anilines is 1. The van der Waals surface area contributed by atoms with E-state index >= 15 is 0 Å². The highest BCUT2D eigenvalue weighted by molar-refractivity contribution is 7.90. The molecule has 0 amide bonds. The predicted molar refractivity (Wildman–Crippen MR) is 113 cm³/mol. The van der Waals surface area contributed by atoms with Crippen LogP contribution in [0, 0.1) is 0 Å². The zero-order valence-electron chi connectivity index (χ0n) is 15.9. The molecule has 3 N–H and O–H groups in total. The first-order valence-corrected chi connectivity index (χ1v) is 12.2. The standard InChI is InChI=1S/C19H22N6O2S2/c20-29(26,27)19(6-3-7-19)11-23-17-15-12-4-1-2-5-14(12)28-18(15)25-16(24-17)13-10-21-8-9-22-13/h8-10H,1-7,11H2,(H2,20,26,27)(H,23,24,25). The van der Waals surface area contributed by atoms with Crippen LogP contribution in [-0.2, 0) is 22.9 Å². The zero-order chi connectivity index (χ0) is 20.1. The van der Waals surface area contributed by atoms with Gasteiger partial charge in [-0.05, 0) is 44.1 Å². The Hall–Kier alpha value is -2.17. The Morgan fingerprint density at radius 2 is 1.97 bits per heavy atom. The van der Waals surface area contributed by atoms with Crippen LogP contribution in [0.25, 0.3) is 21.7 Å². The molecular weight excluding hydrogens is 408 g/mol. The summed E-state index contributed by atoms with van der Waals surface area (Å²) < 4.78 is 23.5. The van der Waals surface area contributed by atoms with Gasteiger partial charge in [0.25, 0.3) is 0 Å². The van der Waals surface area contributed by atoms with Crippen molar-refractivity contribution >= 4 is 37.4 Å². The normalized spacial score (nSPS) is 18.2. The molecule has 2 aliphatic rings. The van der Waals surface area contributed by atoms with Crippen LogP contribution in [0.15, 0.2) is 18.6 Å². The average molecular weight is 431 g/mol. The number of hydrogen-bond acceptors (Lipinski definition) is 8. The maximum Gasteiger partial charge on any atom is 0.216 e. The minimum atomic E-state index is -3.64. The van der Waals surface area contributed by atoms with Gasteiger partial charge in [-0.3, -0.25) is 4.98 Å². The summed E-state index contributed by atoms with van der Waals surface area (Å²) in [4.78, 5) is 20.2. The van der Waals surface area contributed by atoms with Crippen molar-refractivity contribution in [3.8, 4) is 11.5 Å². The largest absolute Gasteiger partial charge is 0.368 e. The molecule has 3 heterocycles. The highest BCUT2D eigenvalue weighted by Crippen LogP contribution is 2.41. The number of primary sulfonamides is 1. The Balaban J connectivity index is 1.61. The van der Waals surface area contributed by atoms with E-state index in [2.05, 4.69) is 15.3 Å². The summed E-state index contributed by atoms with van der Waals surface area (Å²) in [5, 5.41) is 9.89. The number of nitrogens with zero attached hydrogens (tertiary/aromatic N) is 4. The van der Waals surface area contributed by atoms with Crippen molar-refractivity contribution in [2.45, 2.75) is 49.7 Å². The quantitative estimate of drug-likeness (QED) is 0.637. The minimum Gasteiger partial charge on any atom is -0.368 e. The number of aromatic nitrogens is 4. The van der Waals surface area contributed by atoms with E-state index in [4.69, 9.17) is 15.1 Å². The molecule has 0 aliphatic heterocycles. The molecule has 152 valence electrons. The molecule has 0 saturated heterocycles. The summed E-state index contributed by atoms with van der Waals surface area (Å²) in [5.74, 6) is 1.16. The first-order valence-electron chi connectivity index (χ1n) is 9.82. The fourth-order valence-corrected chi connectivity index (χ4v) is 6.58. The van der Waals surface area contributed by atoms with Crippen LogP contribution in [0.4, 0.5) is 5.82 Å². The molecule has 0 radical (unpaired) electrons. The second kappa shape index (κ2) is 6.96. The molecule has 5 rings (SSSR count). The van der Waals surface area contributed by atoms with E-state index in [0.29, 0.717) is 30.2 Å². The molecule has 0 bridgehead atoms. The Bertz CT molecular complexity index is 1170. The second-order valence-corrected chi connectivity index (χ2v) is 10.9. The number of sulfonamides is 1. The van der Waals surface area contributed by atoms with Crippen molar-refractivity contribution in [3.63, 3.8) is 0 Å². The fraction of sp³-hybridized carbons (Fsp3) is 0.474. The van der Waals surface area contributed by atoms with E-state index in [1.807, 2.05) is 0 Å². The third-order valence-electron chi connectivity index (χ3n) is 6.05. The molecule has 8 nitrogen and oxygen atoms in total. The lowest BCUT2D eigenvalue weighted by molar-refractivity contribution is 0.351. The number of aryl methyl sites for hydroxylation is 2. The topological polar surface area (TPSA) is 124 Å². The van der Waals surface area contributed by atoms with Crippen molar-refractivity contribution in [1.82, 2.24) is 19.9 Å². The van der Waals surface area contributed by atoms with Gasteiger partial charge in [0.15, 0.2) is 5.82 Å². The lowest BCUT2D eigenvalue weighted by Crippen LogP contribution is -2.53. The molecule has 10 heteroatoms. The third kappa shape index (κ3) is 3.19. The van der Waals surface area contributed by atoms with Gasteiger partial charge in [-0.25, -0.2) is 28.5 Å². The van der Waals surface area contributed by atoms with Gasteiger partial charge in [-0.2, -0.15) is 0 Å². The smallest absolute Gasteiger partial charge is 0.216 e. The Labute approximate surface area is 173 Å². The summed E-state index contributed by atoms with van der Waals surface area (Å²) in [6.07, 6.45) is 11.3. The van der Waals surface area contributed by atoms with Gasteiger partial charge in [0.05, 0.1) is 11.6 Å². The van der Waals surface area contributed by atoms with Crippen LogP contribution < -0.4 is 10.5 Å². The van der Waals surface area contributed by atoms with E-state index in [-0.39, 0.29) is 6.54 Å². The van der Waals surface area contributed by atoms with Gasteiger partial charge in [0.2, 0.25) is 10.0 Å². The Kier molecular flexibility index (Phi) is 4.52. The minimum absolute atomic E-state index is 0.252. The first-order chi connectivity index (χ1) is 14.0. The van der Waals surface area contributed by atoms with E-state index in [1.165, 1.54) is 16.9 Å². The predicted octanol–water partition coefficient (Wildman–Crippen LogP) is 2.65. The number of nitrogens with one attached hydrogen (secondary N) is 1. The molecule has 1 saturated carbocycles. The van der Waals surface area contributed by atoms with Gasteiger partial charge >= 0.3 is 0 Å². The molecule has 2 aliphatic carbocycles. The van der Waals surface area contributed by atoms with Crippen molar-refractivity contribution in [3.05, 3.63) is 29.0 Å². The lowest BCUT2D eigenvalue weighted by Gasteiger charge is -2.39. The highest BCUT2D eigenvalue weighted by atomic mass is 32.2. The molecule has 0 unspecified atom stereocenters.